The van der Waals surface area contributed by atoms with Crippen LogP contribution in [0, 0.1) is 18.3 Å². The Morgan fingerprint density at radius 3 is 2.85 bits per heavy atom. The largest absolute Gasteiger partial charge is 0.508 e. The van der Waals surface area contributed by atoms with Gasteiger partial charge in [-0.1, -0.05) is 18.2 Å². The Morgan fingerprint density at radius 2 is 2.20 bits per heavy atom. The molecule has 0 amide bonds. The van der Waals surface area contributed by atoms with Gasteiger partial charge in [0.1, 0.15) is 11.8 Å². The number of aromatic hydroxyl groups is 1. The zero-order valence-corrected chi connectivity index (χ0v) is 10.7. The lowest BCUT2D eigenvalue weighted by molar-refractivity contribution is 0.462. The summed E-state index contributed by atoms with van der Waals surface area (Å²) in [6.07, 6.45) is 0. The van der Waals surface area contributed by atoms with Crippen LogP contribution in [-0.2, 0) is 0 Å². The molecule has 1 aromatic heterocycles. The third-order valence-electron chi connectivity index (χ3n) is 2.58. The highest BCUT2D eigenvalue weighted by atomic mass is 16.3. The van der Waals surface area contributed by atoms with Gasteiger partial charge in [-0.25, -0.2) is 10.4 Å². The second-order valence-corrected chi connectivity index (χ2v) is 4.13. The Bertz CT molecular complexity index is 704. The molecule has 1 unspecified atom stereocenters. The summed E-state index contributed by atoms with van der Waals surface area (Å²) in [7, 11) is 0. The van der Waals surface area contributed by atoms with E-state index >= 15 is 0 Å². The molecule has 20 heavy (non-hydrogen) atoms. The van der Waals surface area contributed by atoms with Gasteiger partial charge in [-0.3, -0.25) is 15.2 Å². The zero-order chi connectivity index (χ0) is 14.5. The number of hydrogen-bond donors (Lipinski definition) is 4. The van der Waals surface area contributed by atoms with E-state index in [0.717, 1.165) is 0 Å². The number of anilines is 1. The molecule has 0 aliphatic heterocycles. The Morgan fingerprint density at radius 1 is 1.45 bits per heavy atom. The Kier molecular flexibility index (Phi) is 3.98. The van der Waals surface area contributed by atoms with Crippen LogP contribution < -0.4 is 16.4 Å². The predicted molar refractivity (Wildman–Crippen MR) is 72.8 cm³/mol. The smallest absolute Gasteiger partial charge is 0.252 e. The van der Waals surface area contributed by atoms with Gasteiger partial charge in [0.25, 0.3) is 5.56 Å². The van der Waals surface area contributed by atoms with E-state index in [1.807, 2.05) is 6.07 Å². The number of hydrogen-bond acceptors (Lipinski definition) is 6. The third-order valence-corrected chi connectivity index (χ3v) is 2.58. The average Bonchev–Trinajstić information content (AvgIpc) is 2.40. The van der Waals surface area contributed by atoms with E-state index in [1.54, 1.807) is 25.1 Å². The second kappa shape index (κ2) is 5.86. The van der Waals surface area contributed by atoms with E-state index in [1.165, 1.54) is 12.1 Å². The van der Waals surface area contributed by atoms with E-state index in [0.29, 0.717) is 11.3 Å². The summed E-state index contributed by atoms with van der Waals surface area (Å²) in [4.78, 5) is 17.8. The van der Waals surface area contributed by atoms with Gasteiger partial charge in [0.2, 0.25) is 5.95 Å². The molecule has 0 saturated heterocycles. The van der Waals surface area contributed by atoms with Crippen LogP contribution in [0.2, 0.25) is 0 Å². The molecule has 1 aromatic carbocycles. The fourth-order valence-corrected chi connectivity index (χ4v) is 1.69. The topological polar surface area (TPSA) is 114 Å². The summed E-state index contributed by atoms with van der Waals surface area (Å²) in [6.45, 7) is 1.69. The van der Waals surface area contributed by atoms with Crippen molar-refractivity contribution in [1.82, 2.24) is 15.4 Å². The summed E-state index contributed by atoms with van der Waals surface area (Å²) in [6, 6.07) is 9.08. The van der Waals surface area contributed by atoms with Crippen LogP contribution in [0.25, 0.3) is 0 Å². The Balaban J connectivity index is 2.14. The fraction of sp³-hybridized carbons (Fsp3) is 0.154. The van der Waals surface area contributed by atoms with Gasteiger partial charge in [-0.15, -0.1) is 0 Å². The molecule has 0 saturated carbocycles. The number of rotatable bonds is 4. The first-order valence-electron chi connectivity index (χ1n) is 5.87. The van der Waals surface area contributed by atoms with E-state index in [2.05, 4.69) is 20.8 Å². The van der Waals surface area contributed by atoms with E-state index in [4.69, 9.17) is 5.26 Å². The van der Waals surface area contributed by atoms with Crippen LogP contribution >= 0.6 is 0 Å². The molecule has 1 heterocycles. The highest BCUT2D eigenvalue weighted by Crippen LogP contribution is 2.22. The highest BCUT2D eigenvalue weighted by Gasteiger charge is 2.13. The maximum Gasteiger partial charge on any atom is 0.252 e. The quantitative estimate of drug-likeness (QED) is 0.616. The first-order chi connectivity index (χ1) is 9.60. The van der Waals surface area contributed by atoms with Crippen molar-refractivity contribution in [3.63, 3.8) is 0 Å². The first-order valence-corrected chi connectivity index (χ1v) is 5.87. The van der Waals surface area contributed by atoms with Crippen molar-refractivity contribution >= 4 is 5.95 Å². The molecular formula is C13H13N5O2. The number of hydrazine groups is 1. The van der Waals surface area contributed by atoms with Gasteiger partial charge >= 0.3 is 0 Å². The molecule has 2 aromatic rings. The van der Waals surface area contributed by atoms with Crippen LogP contribution in [0.15, 0.2) is 35.1 Å². The number of nitriles is 1. The van der Waals surface area contributed by atoms with Crippen molar-refractivity contribution in [2.75, 3.05) is 5.43 Å². The van der Waals surface area contributed by atoms with Crippen LogP contribution in [-0.4, -0.2) is 15.1 Å². The van der Waals surface area contributed by atoms with Crippen molar-refractivity contribution in [3.8, 4) is 11.8 Å². The van der Waals surface area contributed by atoms with E-state index in [9.17, 15) is 9.90 Å². The fourth-order valence-electron chi connectivity index (χ4n) is 1.69. The third kappa shape index (κ3) is 3.13. The summed E-state index contributed by atoms with van der Waals surface area (Å²) in [5, 5.41) is 18.8. The van der Waals surface area contributed by atoms with Crippen LogP contribution in [0.4, 0.5) is 5.95 Å². The average molecular weight is 271 g/mol. The summed E-state index contributed by atoms with van der Waals surface area (Å²) >= 11 is 0. The highest BCUT2D eigenvalue weighted by molar-refractivity contribution is 5.38. The van der Waals surface area contributed by atoms with E-state index < -0.39 is 6.04 Å². The molecule has 2 rings (SSSR count). The normalized spacial score (nSPS) is 11.6. The van der Waals surface area contributed by atoms with Gasteiger partial charge in [-0.05, 0) is 13.0 Å². The van der Waals surface area contributed by atoms with Crippen molar-refractivity contribution in [2.24, 2.45) is 0 Å². The molecule has 4 N–H and O–H groups in total. The number of nitrogens with one attached hydrogen (secondary N) is 3. The number of phenolic OH excluding ortho intramolecular Hbond substituents is 1. The van der Waals surface area contributed by atoms with E-state index in [-0.39, 0.29) is 17.3 Å². The Labute approximate surface area is 114 Å². The molecule has 0 aliphatic rings. The van der Waals surface area contributed by atoms with Crippen LogP contribution in [0.5, 0.6) is 5.75 Å². The lowest BCUT2D eigenvalue weighted by Gasteiger charge is -2.14. The standard InChI is InChI=1S/C13H13N5O2/c1-8-6-12(20)16-13(15-8)18-17-10(7-14)9-4-2-3-5-11(9)19/h2-6,10,17,19H,1H3,(H2,15,16,18,20). The molecule has 0 bridgehead atoms. The minimum Gasteiger partial charge on any atom is -0.508 e. The molecule has 0 spiro atoms. The maximum atomic E-state index is 11.3. The van der Waals surface area contributed by atoms with Crippen molar-refractivity contribution < 1.29 is 5.11 Å². The number of H-pyrrole nitrogens is 1. The van der Waals surface area contributed by atoms with Crippen molar-refractivity contribution in [1.29, 1.82) is 5.26 Å². The second-order valence-electron chi connectivity index (χ2n) is 4.13. The van der Waals surface area contributed by atoms with Gasteiger partial charge in [0.05, 0.1) is 6.07 Å². The lowest BCUT2D eigenvalue weighted by Crippen LogP contribution is -2.28. The number of nitrogens with zero attached hydrogens (tertiary/aromatic N) is 2. The number of aromatic amines is 1. The number of aromatic nitrogens is 2. The molecule has 1 atom stereocenters. The first kappa shape index (κ1) is 13.6. The number of aryl methyl sites for hydroxylation is 1. The molecule has 7 nitrogen and oxygen atoms in total. The van der Waals surface area contributed by atoms with Crippen LogP contribution in [0.1, 0.15) is 17.3 Å². The molecule has 7 heteroatoms. The molecular weight excluding hydrogens is 258 g/mol. The summed E-state index contributed by atoms with van der Waals surface area (Å²) < 4.78 is 0. The molecule has 0 aliphatic carbocycles. The summed E-state index contributed by atoms with van der Waals surface area (Å²) in [5.74, 6) is 0.213. The molecule has 0 radical (unpaired) electrons. The SMILES string of the molecule is Cc1cc(=O)[nH]c(NNC(C#N)c2ccccc2O)n1. The van der Waals surface area contributed by atoms with Gasteiger partial charge in [0, 0.05) is 17.3 Å². The molecule has 102 valence electrons. The van der Waals surface area contributed by atoms with Gasteiger partial charge < -0.3 is 5.11 Å². The minimum atomic E-state index is -0.790. The monoisotopic (exact) mass is 271 g/mol. The minimum absolute atomic E-state index is 0.0130. The van der Waals surface area contributed by atoms with Crippen LogP contribution in [0.3, 0.4) is 0 Å². The Hall–Kier alpha value is -2.85. The van der Waals surface area contributed by atoms with Gasteiger partial charge in [0.15, 0.2) is 0 Å². The lowest BCUT2D eigenvalue weighted by atomic mass is 10.1. The maximum absolute atomic E-state index is 11.3. The van der Waals surface area contributed by atoms with Crippen molar-refractivity contribution in [3.05, 3.63) is 51.9 Å². The number of para-hydroxylation sites is 1. The molecule has 0 fully saturated rings. The zero-order valence-electron chi connectivity index (χ0n) is 10.7. The number of benzene rings is 1. The number of phenols is 1. The predicted octanol–water partition coefficient (Wildman–Crippen LogP) is 0.965. The van der Waals surface area contributed by atoms with Crippen molar-refractivity contribution in [2.45, 2.75) is 13.0 Å². The summed E-state index contributed by atoms with van der Waals surface area (Å²) in [5.41, 5.74) is 6.03. The van der Waals surface area contributed by atoms with Gasteiger partial charge in [-0.2, -0.15) is 5.26 Å².